The highest BCUT2D eigenvalue weighted by Crippen LogP contribution is 2.35. The smallest absolute Gasteiger partial charge is 0.305 e. The Hall–Kier alpha value is -3.74. The third-order valence-corrected chi connectivity index (χ3v) is 5.09. The number of hydrogen-bond acceptors (Lipinski definition) is 5. The monoisotopic (exact) mass is 420 g/mol. The number of fused-ring (bicyclic) bond motifs is 2. The summed E-state index contributed by atoms with van der Waals surface area (Å²) in [4.78, 5) is 24.7. The largest absolute Gasteiger partial charge is 0.493 e. The normalized spacial score (nSPS) is 15.0. The van der Waals surface area contributed by atoms with E-state index >= 15 is 0 Å². The molecule has 3 aromatic rings. The van der Waals surface area contributed by atoms with E-state index in [4.69, 9.17) is 13.9 Å². The number of ether oxygens (including phenoxy) is 2. The molecule has 0 fully saturated rings. The van der Waals surface area contributed by atoms with Gasteiger partial charge in [-0.3, -0.25) is 20.4 Å². The molecule has 1 aliphatic rings. The molecule has 1 atom stereocenters. The Morgan fingerprint density at radius 3 is 2.81 bits per heavy atom. The average Bonchev–Trinajstić information content (AvgIpc) is 3.29. The summed E-state index contributed by atoms with van der Waals surface area (Å²) in [5, 5.41) is 0.857. The van der Waals surface area contributed by atoms with Crippen molar-refractivity contribution < 1.29 is 23.5 Å². The highest BCUT2D eigenvalue weighted by molar-refractivity contribution is 6.00. The van der Waals surface area contributed by atoms with Gasteiger partial charge in [-0.05, 0) is 45.0 Å². The van der Waals surface area contributed by atoms with Crippen LogP contribution in [0.3, 0.4) is 0 Å². The molecule has 0 saturated heterocycles. The van der Waals surface area contributed by atoms with E-state index in [2.05, 4.69) is 10.9 Å². The lowest BCUT2D eigenvalue weighted by molar-refractivity contribution is -0.117. The number of hydrazine groups is 1. The second-order valence-corrected chi connectivity index (χ2v) is 7.39. The molecule has 2 N–H and O–H groups in total. The molecule has 0 aliphatic carbocycles. The topological polar surface area (TPSA) is 89.8 Å². The van der Waals surface area contributed by atoms with E-state index in [1.807, 2.05) is 44.2 Å². The molecule has 0 unspecified atom stereocenters. The Balaban J connectivity index is 1.43. The number of furan rings is 1. The van der Waals surface area contributed by atoms with Crippen molar-refractivity contribution in [2.45, 2.75) is 33.3 Å². The van der Waals surface area contributed by atoms with E-state index in [-0.39, 0.29) is 11.9 Å². The predicted octanol–water partition coefficient (Wildman–Crippen LogP) is 3.94. The molecule has 0 bridgehead atoms. The number of hydrogen-bond donors (Lipinski definition) is 2. The van der Waals surface area contributed by atoms with Crippen molar-refractivity contribution in [3.63, 3.8) is 0 Å². The maximum Gasteiger partial charge on any atom is 0.305 e. The summed E-state index contributed by atoms with van der Waals surface area (Å²) >= 11 is 0. The quantitative estimate of drug-likeness (QED) is 0.482. The lowest BCUT2D eigenvalue weighted by Gasteiger charge is -2.10. The Morgan fingerprint density at radius 2 is 2.03 bits per heavy atom. The lowest BCUT2D eigenvalue weighted by atomic mass is 10.1. The minimum Gasteiger partial charge on any atom is -0.493 e. The van der Waals surface area contributed by atoms with Gasteiger partial charge in [0.2, 0.25) is 0 Å². The minimum absolute atomic E-state index is 0.115. The zero-order valence-corrected chi connectivity index (χ0v) is 17.7. The fourth-order valence-electron chi connectivity index (χ4n) is 3.64. The predicted molar refractivity (Wildman–Crippen MR) is 117 cm³/mol. The first-order valence-electron chi connectivity index (χ1n) is 10.2. The van der Waals surface area contributed by atoms with Crippen molar-refractivity contribution >= 4 is 28.9 Å². The third kappa shape index (κ3) is 4.26. The van der Waals surface area contributed by atoms with E-state index in [0.29, 0.717) is 23.5 Å². The fraction of sp³-hybridized carbons (Fsp3) is 0.250. The molecular weight excluding hydrogens is 396 g/mol. The second-order valence-electron chi connectivity index (χ2n) is 7.39. The average molecular weight is 420 g/mol. The number of aryl methyl sites for hydroxylation is 1. The summed E-state index contributed by atoms with van der Waals surface area (Å²) in [7, 11) is 0. The van der Waals surface area contributed by atoms with Gasteiger partial charge < -0.3 is 13.9 Å². The van der Waals surface area contributed by atoms with Crippen LogP contribution >= 0.6 is 0 Å². The van der Waals surface area contributed by atoms with Gasteiger partial charge in [0.1, 0.15) is 23.2 Å². The zero-order valence-electron chi connectivity index (χ0n) is 17.7. The molecule has 2 aromatic carbocycles. The Kier molecular flexibility index (Phi) is 5.66. The van der Waals surface area contributed by atoms with Crippen LogP contribution in [0.15, 0.2) is 46.9 Å². The van der Waals surface area contributed by atoms with Crippen molar-refractivity contribution in [2.24, 2.45) is 0 Å². The van der Waals surface area contributed by atoms with Crippen LogP contribution in [0.25, 0.3) is 17.0 Å². The van der Waals surface area contributed by atoms with Crippen LogP contribution in [-0.4, -0.2) is 24.5 Å². The molecule has 4 rings (SSSR count). The van der Waals surface area contributed by atoms with Crippen molar-refractivity contribution in [3.8, 4) is 11.5 Å². The first kappa shape index (κ1) is 20.5. The van der Waals surface area contributed by atoms with Gasteiger partial charge in [0.05, 0.1) is 6.61 Å². The minimum atomic E-state index is -0.523. The van der Waals surface area contributed by atoms with Crippen molar-refractivity contribution in [3.05, 3.63) is 64.9 Å². The highest BCUT2D eigenvalue weighted by atomic mass is 16.5. The van der Waals surface area contributed by atoms with E-state index in [0.717, 1.165) is 28.7 Å². The molecule has 2 heterocycles. The molecule has 31 heavy (non-hydrogen) atoms. The molecule has 0 saturated carbocycles. The van der Waals surface area contributed by atoms with Crippen LogP contribution in [0.2, 0.25) is 0 Å². The number of carbonyl (C=O) groups is 2. The molecule has 7 nitrogen and oxygen atoms in total. The van der Waals surface area contributed by atoms with Gasteiger partial charge >= 0.3 is 5.91 Å². The number of para-hydroxylation sites is 1. The summed E-state index contributed by atoms with van der Waals surface area (Å²) in [5.74, 6) is 0.633. The maximum atomic E-state index is 12.4. The van der Waals surface area contributed by atoms with Crippen molar-refractivity contribution in [1.29, 1.82) is 0 Å². The number of benzene rings is 2. The lowest BCUT2D eigenvalue weighted by Crippen LogP contribution is -2.40. The molecule has 0 radical (unpaired) electrons. The standard InChI is InChI=1S/C24H24N2O5/c1-4-29-20-13-17-11-14(2)30-21(17)12-16(20)9-10-22(27)25-26-24(28)23-15(3)18-7-5-6-8-19(18)31-23/h5-10,12-14H,4,11H2,1-3H3,(H,25,27)(H,26,28)/b10-9+/t14-/m0/s1. The molecule has 160 valence electrons. The van der Waals surface area contributed by atoms with Crippen LogP contribution in [-0.2, 0) is 11.2 Å². The number of rotatable bonds is 5. The summed E-state index contributed by atoms with van der Waals surface area (Å²) in [6.45, 7) is 6.22. The van der Waals surface area contributed by atoms with Crippen LogP contribution in [0.4, 0.5) is 0 Å². The van der Waals surface area contributed by atoms with Gasteiger partial charge in [0.15, 0.2) is 5.76 Å². The van der Waals surface area contributed by atoms with Crippen LogP contribution < -0.4 is 20.3 Å². The summed E-state index contributed by atoms with van der Waals surface area (Å²) in [6.07, 6.45) is 3.90. The van der Waals surface area contributed by atoms with Gasteiger partial charge in [0, 0.05) is 34.6 Å². The number of nitrogens with one attached hydrogen (secondary N) is 2. The molecule has 7 heteroatoms. The Labute approximate surface area is 180 Å². The van der Waals surface area contributed by atoms with Gasteiger partial charge in [-0.15, -0.1) is 0 Å². The van der Waals surface area contributed by atoms with E-state index in [1.54, 1.807) is 19.1 Å². The summed E-state index contributed by atoms with van der Waals surface area (Å²) in [6, 6.07) is 11.2. The zero-order chi connectivity index (χ0) is 22.0. The van der Waals surface area contributed by atoms with E-state index < -0.39 is 11.8 Å². The van der Waals surface area contributed by atoms with Crippen LogP contribution in [0.1, 0.15) is 41.1 Å². The van der Waals surface area contributed by atoms with Gasteiger partial charge in [0.25, 0.3) is 5.91 Å². The van der Waals surface area contributed by atoms with Gasteiger partial charge in [-0.2, -0.15) is 0 Å². The number of amides is 2. The first-order valence-corrected chi connectivity index (χ1v) is 10.2. The highest BCUT2D eigenvalue weighted by Gasteiger charge is 2.21. The third-order valence-electron chi connectivity index (χ3n) is 5.09. The van der Waals surface area contributed by atoms with Crippen LogP contribution in [0.5, 0.6) is 11.5 Å². The Morgan fingerprint density at radius 1 is 1.23 bits per heavy atom. The molecule has 1 aliphatic heterocycles. The van der Waals surface area contributed by atoms with E-state index in [9.17, 15) is 9.59 Å². The van der Waals surface area contributed by atoms with E-state index in [1.165, 1.54) is 6.08 Å². The SMILES string of the molecule is CCOc1cc2c(cc1/C=C/C(=O)NNC(=O)c1oc3ccccc3c1C)O[C@@H](C)C2. The van der Waals surface area contributed by atoms with Crippen LogP contribution in [0, 0.1) is 6.92 Å². The molecule has 2 amide bonds. The van der Waals surface area contributed by atoms with Crippen molar-refractivity contribution in [2.75, 3.05) is 6.61 Å². The molecule has 1 aromatic heterocycles. The fourth-order valence-corrected chi connectivity index (χ4v) is 3.64. The molecular formula is C24H24N2O5. The second kappa shape index (κ2) is 8.55. The van der Waals surface area contributed by atoms with Crippen molar-refractivity contribution in [1.82, 2.24) is 10.9 Å². The Bertz CT molecular complexity index is 1180. The van der Waals surface area contributed by atoms with Gasteiger partial charge in [-0.25, -0.2) is 0 Å². The maximum absolute atomic E-state index is 12.4. The number of carbonyl (C=O) groups excluding carboxylic acids is 2. The summed E-state index contributed by atoms with van der Waals surface area (Å²) in [5.41, 5.74) is 7.91. The van der Waals surface area contributed by atoms with Gasteiger partial charge in [-0.1, -0.05) is 18.2 Å². The molecule has 0 spiro atoms. The summed E-state index contributed by atoms with van der Waals surface area (Å²) < 4.78 is 17.1. The first-order chi connectivity index (χ1) is 15.0.